The summed E-state index contributed by atoms with van der Waals surface area (Å²) in [5, 5.41) is 9.09. The van der Waals surface area contributed by atoms with Gasteiger partial charge in [0.1, 0.15) is 0 Å². The van der Waals surface area contributed by atoms with Gasteiger partial charge in [-0.1, -0.05) is 12.1 Å². The Morgan fingerprint density at radius 3 is 2.43 bits per heavy atom. The SMILES string of the molecule is O=C(CNC(=O)C(=O)NCc1cccs1)Nc1cccc(S(=O)(=O)N2CCCC2)c1. The summed E-state index contributed by atoms with van der Waals surface area (Å²) in [6.07, 6.45) is 1.66. The van der Waals surface area contributed by atoms with Gasteiger partial charge in [-0.05, 0) is 42.5 Å². The quantitative estimate of drug-likeness (QED) is 0.541. The number of nitrogens with one attached hydrogen (secondary N) is 3. The Kier molecular flexibility index (Phi) is 7.19. The van der Waals surface area contributed by atoms with Crippen LogP contribution in [0.3, 0.4) is 0 Å². The Hall–Kier alpha value is -2.76. The molecule has 0 atom stereocenters. The van der Waals surface area contributed by atoms with E-state index in [1.807, 2.05) is 17.5 Å². The largest absolute Gasteiger partial charge is 0.343 e. The van der Waals surface area contributed by atoms with Gasteiger partial charge in [0.25, 0.3) is 0 Å². The Bertz CT molecular complexity index is 1020. The predicted molar refractivity (Wildman–Crippen MR) is 112 cm³/mol. The Balaban J connectivity index is 1.50. The molecule has 0 unspecified atom stereocenters. The summed E-state index contributed by atoms with van der Waals surface area (Å²) in [7, 11) is -3.60. The van der Waals surface area contributed by atoms with Crippen molar-refractivity contribution in [3.63, 3.8) is 0 Å². The molecule has 0 aliphatic carbocycles. The lowest BCUT2D eigenvalue weighted by Gasteiger charge is -2.16. The highest BCUT2D eigenvalue weighted by atomic mass is 32.2. The van der Waals surface area contributed by atoms with Crippen molar-refractivity contribution in [2.75, 3.05) is 25.0 Å². The lowest BCUT2D eigenvalue weighted by molar-refractivity contribution is -0.139. The van der Waals surface area contributed by atoms with Gasteiger partial charge in [0, 0.05) is 23.7 Å². The molecule has 0 bridgehead atoms. The number of anilines is 1. The van der Waals surface area contributed by atoms with Crippen molar-refractivity contribution in [1.29, 1.82) is 0 Å². The van der Waals surface area contributed by atoms with E-state index >= 15 is 0 Å². The first-order valence-corrected chi connectivity index (χ1v) is 11.7. The molecule has 1 aromatic heterocycles. The highest BCUT2D eigenvalue weighted by molar-refractivity contribution is 7.89. The lowest BCUT2D eigenvalue weighted by atomic mass is 10.3. The summed E-state index contributed by atoms with van der Waals surface area (Å²) in [4.78, 5) is 36.7. The van der Waals surface area contributed by atoms with Gasteiger partial charge in [0.05, 0.1) is 18.0 Å². The molecule has 1 saturated heterocycles. The zero-order valence-electron chi connectivity index (χ0n) is 16.1. The number of carbonyl (C=O) groups excluding carboxylic acids is 3. The van der Waals surface area contributed by atoms with Gasteiger partial charge in [-0.15, -0.1) is 11.3 Å². The number of benzene rings is 1. The molecule has 160 valence electrons. The van der Waals surface area contributed by atoms with Crippen molar-refractivity contribution in [2.24, 2.45) is 0 Å². The van der Waals surface area contributed by atoms with Crippen molar-refractivity contribution in [3.05, 3.63) is 46.7 Å². The molecule has 3 rings (SSSR count). The number of carbonyl (C=O) groups is 3. The van der Waals surface area contributed by atoms with E-state index in [2.05, 4.69) is 16.0 Å². The van der Waals surface area contributed by atoms with Gasteiger partial charge in [0.2, 0.25) is 15.9 Å². The van der Waals surface area contributed by atoms with Gasteiger partial charge in [0.15, 0.2) is 0 Å². The van der Waals surface area contributed by atoms with E-state index in [0.29, 0.717) is 13.1 Å². The maximum atomic E-state index is 12.6. The van der Waals surface area contributed by atoms with Crippen LogP contribution in [0.1, 0.15) is 17.7 Å². The minimum Gasteiger partial charge on any atom is -0.343 e. The van der Waals surface area contributed by atoms with Crippen LogP contribution in [0.4, 0.5) is 5.69 Å². The highest BCUT2D eigenvalue weighted by Gasteiger charge is 2.27. The fourth-order valence-electron chi connectivity index (χ4n) is 2.92. The van der Waals surface area contributed by atoms with Gasteiger partial charge < -0.3 is 16.0 Å². The molecule has 0 saturated carbocycles. The van der Waals surface area contributed by atoms with E-state index in [1.165, 1.54) is 33.8 Å². The van der Waals surface area contributed by atoms with E-state index < -0.39 is 34.3 Å². The summed E-state index contributed by atoms with van der Waals surface area (Å²) in [6.45, 7) is 0.780. The molecule has 1 aliphatic heterocycles. The van der Waals surface area contributed by atoms with Crippen molar-refractivity contribution in [3.8, 4) is 0 Å². The van der Waals surface area contributed by atoms with Gasteiger partial charge in [-0.2, -0.15) is 4.31 Å². The molecule has 1 fully saturated rings. The van der Waals surface area contributed by atoms with Crippen LogP contribution in [-0.2, 0) is 31.0 Å². The molecule has 3 N–H and O–H groups in total. The third-order valence-corrected chi connectivity index (χ3v) is 7.21. The Morgan fingerprint density at radius 2 is 1.73 bits per heavy atom. The molecule has 9 nitrogen and oxygen atoms in total. The van der Waals surface area contributed by atoms with E-state index in [1.54, 1.807) is 6.07 Å². The van der Waals surface area contributed by atoms with Crippen molar-refractivity contribution in [2.45, 2.75) is 24.3 Å². The average Bonchev–Trinajstić information content (AvgIpc) is 3.44. The van der Waals surface area contributed by atoms with Crippen LogP contribution >= 0.6 is 11.3 Å². The second-order valence-electron chi connectivity index (χ2n) is 6.63. The molecule has 3 amide bonds. The summed E-state index contributed by atoms with van der Waals surface area (Å²) in [5.74, 6) is -2.34. The standard InChI is InChI=1S/C19H22N4O5S2/c24-17(13-21-19(26)18(25)20-12-15-6-4-10-29-15)22-14-5-3-7-16(11-14)30(27,28)23-8-1-2-9-23/h3-7,10-11H,1-2,8-9,12-13H2,(H,20,25)(H,21,26)(H,22,24). The minimum atomic E-state index is -3.60. The minimum absolute atomic E-state index is 0.0965. The van der Waals surface area contributed by atoms with E-state index in [0.717, 1.165) is 17.7 Å². The fourth-order valence-corrected chi connectivity index (χ4v) is 5.13. The van der Waals surface area contributed by atoms with Gasteiger partial charge in [-0.25, -0.2) is 8.42 Å². The number of rotatable bonds is 7. The van der Waals surface area contributed by atoms with E-state index in [9.17, 15) is 22.8 Å². The fraction of sp³-hybridized carbons (Fsp3) is 0.316. The molecule has 0 radical (unpaired) electrons. The smallest absolute Gasteiger partial charge is 0.309 e. The van der Waals surface area contributed by atoms with Crippen molar-refractivity contribution < 1.29 is 22.8 Å². The lowest BCUT2D eigenvalue weighted by Crippen LogP contribution is -2.42. The number of hydrogen-bond donors (Lipinski definition) is 3. The Morgan fingerprint density at radius 1 is 1.00 bits per heavy atom. The molecule has 1 aliphatic rings. The molecular formula is C19H22N4O5S2. The second-order valence-corrected chi connectivity index (χ2v) is 9.60. The van der Waals surface area contributed by atoms with Crippen LogP contribution in [0.15, 0.2) is 46.7 Å². The van der Waals surface area contributed by atoms with Crippen LogP contribution < -0.4 is 16.0 Å². The number of sulfonamides is 1. The molecule has 0 spiro atoms. The molecule has 1 aromatic carbocycles. The van der Waals surface area contributed by atoms with Crippen LogP contribution in [0, 0.1) is 0 Å². The maximum absolute atomic E-state index is 12.6. The van der Waals surface area contributed by atoms with E-state index in [4.69, 9.17) is 0 Å². The van der Waals surface area contributed by atoms with Gasteiger partial charge >= 0.3 is 11.8 Å². The zero-order valence-corrected chi connectivity index (χ0v) is 17.7. The summed E-state index contributed by atoms with van der Waals surface area (Å²) >= 11 is 1.45. The van der Waals surface area contributed by atoms with Crippen LogP contribution in [-0.4, -0.2) is 50.1 Å². The maximum Gasteiger partial charge on any atom is 0.309 e. The summed E-state index contributed by atoms with van der Waals surface area (Å²) in [6, 6.07) is 9.60. The first kappa shape index (κ1) is 21.9. The monoisotopic (exact) mass is 450 g/mol. The van der Waals surface area contributed by atoms with Crippen molar-refractivity contribution >= 4 is 44.8 Å². The molecule has 2 aromatic rings. The molecule has 2 heterocycles. The first-order valence-electron chi connectivity index (χ1n) is 9.35. The number of amides is 3. The first-order chi connectivity index (χ1) is 14.4. The normalized spacial score (nSPS) is 14.3. The average molecular weight is 451 g/mol. The summed E-state index contributed by atoms with van der Waals surface area (Å²) in [5.41, 5.74) is 0.289. The number of nitrogens with zero attached hydrogens (tertiary/aromatic N) is 1. The third-order valence-electron chi connectivity index (χ3n) is 4.44. The zero-order chi connectivity index (χ0) is 21.6. The summed E-state index contributed by atoms with van der Waals surface area (Å²) < 4.78 is 26.7. The van der Waals surface area contributed by atoms with E-state index in [-0.39, 0.29) is 17.1 Å². The topological polar surface area (TPSA) is 125 Å². The number of hydrogen-bond acceptors (Lipinski definition) is 6. The highest BCUT2D eigenvalue weighted by Crippen LogP contribution is 2.23. The third kappa shape index (κ3) is 5.65. The molecule has 11 heteroatoms. The van der Waals surface area contributed by atoms with Crippen molar-refractivity contribution in [1.82, 2.24) is 14.9 Å². The van der Waals surface area contributed by atoms with Gasteiger partial charge in [-0.3, -0.25) is 14.4 Å². The van der Waals surface area contributed by atoms with Crippen LogP contribution in [0.5, 0.6) is 0 Å². The number of thiophene rings is 1. The Labute approximate surface area is 178 Å². The molecule has 30 heavy (non-hydrogen) atoms. The molecular weight excluding hydrogens is 428 g/mol. The second kappa shape index (κ2) is 9.83. The van der Waals surface area contributed by atoms with Crippen LogP contribution in [0.25, 0.3) is 0 Å². The van der Waals surface area contributed by atoms with Crippen LogP contribution in [0.2, 0.25) is 0 Å². The predicted octanol–water partition coefficient (Wildman–Crippen LogP) is 0.904.